The van der Waals surface area contributed by atoms with Crippen LogP contribution in [0.25, 0.3) is 33.3 Å². The summed E-state index contributed by atoms with van der Waals surface area (Å²) in [5.41, 5.74) is 4.74. The van der Waals surface area contributed by atoms with E-state index in [0.717, 1.165) is 41.5 Å². The largest absolute Gasteiger partial charge is 0.348 e. The molecular formula is C27H25ClN8O. The van der Waals surface area contributed by atoms with Crippen LogP contribution in [0.2, 0.25) is 5.02 Å². The summed E-state index contributed by atoms with van der Waals surface area (Å²) >= 11 is 6.33. The van der Waals surface area contributed by atoms with E-state index in [2.05, 4.69) is 20.6 Å². The summed E-state index contributed by atoms with van der Waals surface area (Å²) in [6.45, 7) is 1.14. The fraction of sp³-hybridized carbons (Fsp3) is 0.296. The van der Waals surface area contributed by atoms with E-state index < -0.39 is 0 Å². The molecule has 37 heavy (non-hydrogen) atoms. The molecule has 10 heteroatoms. The molecule has 9 nitrogen and oxygen atoms in total. The Labute approximate surface area is 217 Å². The number of hydrogen-bond donors (Lipinski definition) is 0. The molecule has 0 N–H and O–H groups in total. The predicted octanol–water partition coefficient (Wildman–Crippen LogP) is 3.60. The molecule has 186 valence electrons. The van der Waals surface area contributed by atoms with Crippen LogP contribution in [0.5, 0.6) is 0 Å². The second-order valence-electron chi connectivity index (χ2n) is 9.61. The van der Waals surface area contributed by atoms with Crippen LogP contribution in [-0.2, 0) is 27.2 Å². The monoisotopic (exact) mass is 512 g/mol. The van der Waals surface area contributed by atoms with E-state index in [4.69, 9.17) is 16.7 Å². The van der Waals surface area contributed by atoms with E-state index in [1.807, 2.05) is 40.6 Å². The van der Waals surface area contributed by atoms with Gasteiger partial charge in [-0.05, 0) is 54.7 Å². The smallest absolute Gasteiger partial charge is 0.266 e. The number of hydrogen-bond acceptors (Lipinski definition) is 5. The van der Waals surface area contributed by atoms with Crippen molar-refractivity contribution in [2.75, 3.05) is 7.05 Å². The van der Waals surface area contributed by atoms with Gasteiger partial charge in [0.15, 0.2) is 5.65 Å². The zero-order chi connectivity index (χ0) is 25.8. The van der Waals surface area contributed by atoms with Crippen LogP contribution in [0.15, 0.2) is 52.5 Å². The third-order valence-corrected chi connectivity index (χ3v) is 7.31. The van der Waals surface area contributed by atoms with Crippen molar-refractivity contribution in [2.45, 2.75) is 25.9 Å². The molecule has 0 radical (unpaired) electrons. The van der Waals surface area contributed by atoms with Gasteiger partial charge in [0.2, 0.25) is 5.62 Å². The van der Waals surface area contributed by atoms with Gasteiger partial charge in [0.05, 0.1) is 23.3 Å². The quantitative estimate of drug-likeness (QED) is 0.359. The van der Waals surface area contributed by atoms with Gasteiger partial charge < -0.3 is 4.57 Å². The fourth-order valence-corrected chi connectivity index (χ4v) is 5.25. The number of rotatable bonds is 5. The summed E-state index contributed by atoms with van der Waals surface area (Å²) in [7, 11) is 5.32. The number of benzene rings is 1. The first-order valence-corrected chi connectivity index (χ1v) is 12.5. The van der Waals surface area contributed by atoms with Crippen LogP contribution in [0.3, 0.4) is 0 Å². The Balaban J connectivity index is 1.69. The molecule has 0 unspecified atom stereocenters. The van der Waals surface area contributed by atoms with Crippen molar-refractivity contribution < 1.29 is 0 Å². The molecule has 6 rings (SSSR count). The van der Waals surface area contributed by atoms with E-state index in [9.17, 15) is 10.1 Å². The summed E-state index contributed by atoms with van der Waals surface area (Å²) < 4.78 is 7.39. The summed E-state index contributed by atoms with van der Waals surface area (Å²) in [5, 5.41) is 16.7. The van der Waals surface area contributed by atoms with Crippen LogP contribution >= 0.6 is 11.6 Å². The molecular weight excluding hydrogens is 488 g/mol. The maximum absolute atomic E-state index is 13.8. The van der Waals surface area contributed by atoms with Crippen LogP contribution in [0.1, 0.15) is 24.0 Å². The maximum atomic E-state index is 13.8. The summed E-state index contributed by atoms with van der Waals surface area (Å²) in [4.78, 5) is 22.7. The predicted molar refractivity (Wildman–Crippen MR) is 142 cm³/mol. The van der Waals surface area contributed by atoms with Crippen molar-refractivity contribution in [3.05, 3.63) is 74.8 Å². The SMILES string of the molecule is CN=c1n(C)c(=O)c2c(-c3cc(C#N)cn3C)n(Cc3ccnc4ccc(Cl)cc34)nc2n1CC1CC1. The second kappa shape index (κ2) is 8.75. The lowest BCUT2D eigenvalue weighted by molar-refractivity contribution is 0.558. The Morgan fingerprint density at radius 1 is 1.22 bits per heavy atom. The minimum Gasteiger partial charge on any atom is -0.348 e. The third-order valence-electron chi connectivity index (χ3n) is 7.08. The number of aromatic nitrogens is 6. The third kappa shape index (κ3) is 3.85. The van der Waals surface area contributed by atoms with Gasteiger partial charge in [-0.25, -0.2) is 0 Å². The Morgan fingerprint density at radius 3 is 2.73 bits per heavy atom. The number of halogens is 1. The number of nitrogens with zero attached hydrogens (tertiary/aromatic N) is 8. The minimum atomic E-state index is -0.175. The van der Waals surface area contributed by atoms with E-state index >= 15 is 0 Å². The number of fused-ring (bicyclic) bond motifs is 2. The van der Waals surface area contributed by atoms with Crippen LogP contribution in [0, 0.1) is 17.2 Å². The molecule has 0 bridgehead atoms. The Kier molecular flexibility index (Phi) is 5.50. The highest BCUT2D eigenvalue weighted by Gasteiger charge is 2.28. The number of aryl methyl sites for hydroxylation is 1. The van der Waals surface area contributed by atoms with Crippen molar-refractivity contribution in [1.82, 2.24) is 28.5 Å². The van der Waals surface area contributed by atoms with Crippen molar-refractivity contribution in [3.8, 4) is 17.5 Å². The molecule has 4 aromatic heterocycles. The zero-order valence-corrected chi connectivity index (χ0v) is 21.6. The zero-order valence-electron chi connectivity index (χ0n) is 20.8. The van der Waals surface area contributed by atoms with Crippen molar-refractivity contribution in [2.24, 2.45) is 25.0 Å². The molecule has 0 amide bonds. The number of nitriles is 1. The highest BCUT2D eigenvalue weighted by atomic mass is 35.5. The van der Waals surface area contributed by atoms with E-state index in [0.29, 0.717) is 45.4 Å². The highest BCUT2D eigenvalue weighted by molar-refractivity contribution is 6.31. The Bertz CT molecular complexity index is 1880. The molecule has 0 aliphatic heterocycles. The fourth-order valence-electron chi connectivity index (χ4n) is 5.08. The lowest BCUT2D eigenvalue weighted by atomic mass is 10.1. The maximum Gasteiger partial charge on any atom is 0.266 e. The molecule has 0 atom stereocenters. The van der Waals surface area contributed by atoms with Gasteiger partial charge in [0.25, 0.3) is 5.56 Å². The molecule has 4 heterocycles. The normalized spacial score (nSPS) is 14.1. The summed E-state index contributed by atoms with van der Waals surface area (Å²) in [5.74, 6) is 0.548. The van der Waals surface area contributed by atoms with Gasteiger partial charge in [0, 0.05) is 50.5 Å². The van der Waals surface area contributed by atoms with E-state index in [1.54, 1.807) is 37.1 Å². The van der Waals surface area contributed by atoms with Crippen molar-refractivity contribution in [3.63, 3.8) is 0 Å². The average Bonchev–Trinajstić information content (AvgIpc) is 3.52. The molecule has 5 aromatic rings. The first-order chi connectivity index (χ1) is 17.9. The van der Waals surface area contributed by atoms with Gasteiger partial charge >= 0.3 is 0 Å². The van der Waals surface area contributed by atoms with Crippen molar-refractivity contribution >= 4 is 33.5 Å². The van der Waals surface area contributed by atoms with Gasteiger partial charge in [-0.2, -0.15) is 10.4 Å². The molecule has 0 spiro atoms. The molecule has 1 aliphatic carbocycles. The molecule has 1 saturated carbocycles. The van der Waals surface area contributed by atoms with E-state index in [-0.39, 0.29) is 5.56 Å². The van der Waals surface area contributed by atoms with Crippen molar-refractivity contribution in [1.29, 1.82) is 5.26 Å². The van der Waals surface area contributed by atoms with Gasteiger partial charge in [0.1, 0.15) is 17.1 Å². The topological polar surface area (TPSA) is 98.7 Å². The van der Waals surface area contributed by atoms with Gasteiger partial charge in [-0.1, -0.05) is 11.6 Å². The average molecular weight is 513 g/mol. The van der Waals surface area contributed by atoms with E-state index in [1.165, 1.54) is 0 Å². The molecule has 0 saturated heterocycles. The summed E-state index contributed by atoms with van der Waals surface area (Å²) in [6.07, 6.45) is 5.84. The Morgan fingerprint density at radius 2 is 2.03 bits per heavy atom. The summed E-state index contributed by atoms with van der Waals surface area (Å²) in [6, 6.07) is 11.6. The molecule has 1 fully saturated rings. The van der Waals surface area contributed by atoms with Crippen LogP contribution < -0.4 is 11.2 Å². The Hall–Kier alpha value is -4.16. The lowest BCUT2D eigenvalue weighted by Crippen LogP contribution is -2.39. The second-order valence-corrected chi connectivity index (χ2v) is 10.1. The first kappa shape index (κ1) is 23.3. The lowest BCUT2D eigenvalue weighted by Gasteiger charge is -2.12. The van der Waals surface area contributed by atoms with Gasteiger partial charge in [-0.15, -0.1) is 0 Å². The molecule has 1 aliphatic rings. The van der Waals surface area contributed by atoms with Crippen LogP contribution in [0.4, 0.5) is 0 Å². The van der Waals surface area contributed by atoms with Crippen LogP contribution in [-0.4, -0.2) is 35.5 Å². The highest BCUT2D eigenvalue weighted by Crippen LogP contribution is 2.33. The number of pyridine rings is 1. The first-order valence-electron chi connectivity index (χ1n) is 12.1. The minimum absolute atomic E-state index is 0.175. The van der Waals surface area contributed by atoms with Gasteiger partial charge in [-0.3, -0.25) is 28.6 Å². The standard InChI is InChI=1S/C27H25ClN8O/c1-30-27-34(3)26(37)23-24(22-10-17(12-29)13-33(22)2)36(32-25(23)35(27)14-16-4-5-16)15-18-8-9-31-21-7-6-19(28)11-20(18)21/h6-11,13,16H,4-5,14-15H2,1-3H3. The molecule has 1 aromatic carbocycles.